The number of amides is 1. The monoisotopic (exact) mass is 493 g/mol. The number of hydrogen-bond donors (Lipinski definition) is 0. The highest BCUT2D eigenvalue weighted by Gasteiger charge is 2.27. The topological polar surface area (TPSA) is 79.8 Å². The minimum atomic E-state index is -3.82. The summed E-state index contributed by atoms with van der Waals surface area (Å²) in [6, 6.07) is 11.8. The lowest BCUT2D eigenvalue weighted by atomic mass is 10.2. The zero-order chi connectivity index (χ0) is 22.7. The van der Waals surface area contributed by atoms with Gasteiger partial charge < -0.3 is 4.74 Å². The average molecular weight is 494 g/mol. The van der Waals surface area contributed by atoms with Gasteiger partial charge in [0.05, 0.1) is 28.3 Å². The van der Waals surface area contributed by atoms with Gasteiger partial charge in [0.1, 0.15) is 5.75 Å². The first-order chi connectivity index (χ1) is 15.3. The lowest BCUT2D eigenvalue weighted by Gasteiger charge is -2.29. The number of sulfone groups is 1. The molecule has 10 heteroatoms. The molecule has 2 heterocycles. The molecule has 1 fully saturated rings. The molecule has 32 heavy (non-hydrogen) atoms. The lowest BCUT2D eigenvalue weighted by Crippen LogP contribution is -2.44. The number of benzene rings is 2. The van der Waals surface area contributed by atoms with Gasteiger partial charge in [-0.1, -0.05) is 29.0 Å². The van der Waals surface area contributed by atoms with E-state index in [4.69, 9.17) is 16.3 Å². The van der Waals surface area contributed by atoms with E-state index < -0.39 is 21.5 Å². The highest BCUT2D eigenvalue weighted by molar-refractivity contribution is 7.92. The maximum atomic E-state index is 13.3. The van der Waals surface area contributed by atoms with Crippen LogP contribution in [0.1, 0.15) is 5.56 Å². The van der Waals surface area contributed by atoms with Crippen LogP contribution in [0.2, 0.25) is 5.02 Å². The first-order valence-electron chi connectivity index (χ1n) is 10.3. The third kappa shape index (κ3) is 5.47. The molecular formula is C22H24ClN3O4S2. The normalized spacial score (nSPS) is 15.2. The summed E-state index contributed by atoms with van der Waals surface area (Å²) in [5, 5.41) is 0.947. The molecule has 0 aliphatic carbocycles. The highest BCUT2D eigenvalue weighted by atomic mass is 35.5. The number of carbonyl (C=O) groups is 1. The van der Waals surface area contributed by atoms with Gasteiger partial charge in [-0.15, -0.1) is 0 Å². The molecule has 0 atom stereocenters. The van der Waals surface area contributed by atoms with Gasteiger partial charge in [-0.25, -0.2) is 13.4 Å². The van der Waals surface area contributed by atoms with E-state index in [1.54, 1.807) is 0 Å². The number of halogens is 1. The van der Waals surface area contributed by atoms with E-state index in [9.17, 15) is 13.2 Å². The van der Waals surface area contributed by atoms with Crippen molar-refractivity contribution in [2.75, 3.05) is 50.0 Å². The number of hydrogen-bond acceptors (Lipinski definition) is 7. The first-order valence-corrected chi connectivity index (χ1v) is 13.1. The molecule has 7 nitrogen and oxygen atoms in total. The summed E-state index contributed by atoms with van der Waals surface area (Å²) < 4.78 is 32.1. The Hall–Kier alpha value is -2.04. The molecule has 4 rings (SSSR count). The number of aryl methyl sites for hydroxylation is 1. The van der Waals surface area contributed by atoms with E-state index in [1.807, 2.05) is 25.1 Å². The summed E-state index contributed by atoms with van der Waals surface area (Å²) in [6.07, 6.45) is 0. The molecule has 2 aromatic carbocycles. The van der Waals surface area contributed by atoms with Crippen LogP contribution in [0.15, 0.2) is 47.4 Å². The summed E-state index contributed by atoms with van der Waals surface area (Å²) in [5.74, 6) is -1.13. The van der Waals surface area contributed by atoms with Crippen LogP contribution in [-0.2, 0) is 19.4 Å². The minimum absolute atomic E-state index is 0.0725. The maximum absolute atomic E-state index is 13.3. The summed E-state index contributed by atoms with van der Waals surface area (Å²) in [6.45, 7) is 5.84. The Bertz CT molecular complexity index is 1210. The predicted molar refractivity (Wildman–Crippen MR) is 127 cm³/mol. The third-order valence-electron chi connectivity index (χ3n) is 5.29. The fourth-order valence-electron chi connectivity index (χ4n) is 3.49. The van der Waals surface area contributed by atoms with E-state index in [1.165, 1.54) is 40.5 Å². The standard InChI is InChI=1S/C22H24ClN3O4S2/c1-16-2-7-19-20(14-16)31-22(24-19)26(9-8-25-10-12-30-13-11-25)21(27)15-32(28,29)18-5-3-17(23)4-6-18/h2-7,14H,8-13,15H2,1H3. The summed E-state index contributed by atoms with van der Waals surface area (Å²) in [5.41, 5.74) is 1.89. The number of morpholine rings is 1. The quantitative estimate of drug-likeness (QED) is 0.502. The highest BCUT2D eigenvalue weighted by Crippen LogP contribution is 2.30. The molecule has 170 valence electrons. The molecule has 1 saturated heterocycles. The van der Waals surface area contributed by atoms with E-state index in [-0.39, 0.29) is 4.90 Å². The van der Waals surface area contributed by atoms with Crippen molar-refractivity contribution in [2.24, 2.45) is 0 Å². The van der Waals surface area contributed by atoms with Crippen molar-refractivity contribution in [3.63, 3.8) is 0 Å². The summed E-state index contributed by atoms with van der Waals surface area (Å²) in [7, 11) is -3.82. The van der Waals surface area contributed by atoms with Crippen LogP contribution >= 0.6 is 22.9 Å². The second-order valence-electron chi connectivity index (χ2n) is 7.68. The smallest absolute Gasteiger partial charge is 0.244 e. The van der Waals surface area contributed by atoms with Crippen LogP contribution in [0.3, 0.4) is 0 Å². The molecule has 0 N–H and O–H groups in total. The van der Waals surface area contributed by atoms with E-state index >= 15 is 0 Å². The van der Waals surface area contributed by atoms with Gasteiger partial charge >= 0.3 is 0 Å². The predicted octanol–water partition coefficient (Wildman–Crippen LogP) is 3.40. The van der Waals surface area contributed by atoms with Crippen LogP contribution < -0.4 is 4.90 Å². The molecular weight excluding hydrogens is 470 g/mol. The number of carbonyl (C=O) groups excluding carboxylic acids is 1. The number of aromatic nitrogens is 1. The van der Waals surface area contributed by atoms with Crippen LogP contribution in [-0.4, -0.2) is 69.4 Å². The van der Waals surface area contributed by atoms with E-state index in [0.717, 1.165) is 28.9 Å². The lowest BCUT2D eigenvalue weighted by molar-refractivity contribution is -0.116. The van der Waals surface area contributed by atoms with Crippen molar-refractivity contribution < 1.29 is 17.9 Å². The molecule has 3 aromatic rings. The van der Waals surface area contributed by atoms with Gasteiger partial charge in [-0.2, -0.15) is 0 Å². The van der Waals surface area contributed by atoms with Gasteiger partial charge in [-0.05, 0) is 48.9 Å². The molecule has 1 aromatic heterocycles. The van der Waals surface area contributed by atoms with Crippen LogP contribution in [0.4, 0.5) is 5.13 Å². The third-order valence-corrected chi connectivity index (χ3v) is 8.20. The molecule has 0 radical (unpaired) electrons. The molecule has 1 aliphatic heterocycles. The second kappa shape index (κ2) is 9.84. The number of fused-ring (bicyclic) bond motifs is 1. The van der Waals surface area contributed by atoms with Crippen LogP contribution in [0.25, 0.3) is 10.2 Å². The van der Waals surface area contributed by atoms with Crippen LogP contribution in [0.5, 0.6) is 0 Å². The van der Waals surface area contributed by atoms with Crippen molar-refractivity contribution >= 4 is 54.0 Å². The van der Waals surface area contributed by atoms with Crippen molar-refractivity contribution in [1.82, 2.24) is 9.88 Å². The Kier molecular flexibility index (Phi) is 7.11. The maximum Gasteiger partial charge on any atom is 0.244 e. The van der Waals surface area contributed by atoms with Crippen molar-refractivity contribution in [1.29, 1.82) is 0 Å². The summed E-state index contributed by atoms with van der Waals surface area (Å²) >= 11 is 7.27. The Labute approximate surface area is 196 Å². The fourth-order valence-corrected chi connectivity index (χ4v) is 5.93. The second-order valence-corrected chi connectivity index (χ2v) is 11.1. The zero-order valence-corrected chi connectivity index (χ0v) is 20.0. The Balaban J connectivity index is 1.59. The Morgan fingerprint density at radius 1 is 1.19 bits per heavy atom. The number of ether oxygens (including phenoxy) is 1. The number of anilines is 1. The first kappa shape index (κ1) is 23.1. The SMILES string of the molecule is Cc1ccc2nc(N(CCN3CCOCC3)C(=O)CS(=O)(=O)c3ccc(Cl)cc3)sc2c1. The zero-order valence-electron chi connectivity index (χ0n) is 17.7. The van der Waals surface area contributed by atoms with Crippen LogP contribution in [0, 0.1) is 6.92 Å². The van der Waals surface area contributed by atoms with E-state index in [2.05, 4.69) is 9.88 Å². The van der Waals surface area contributed by atoms with Gasteiger partial charge in [-0.3, -0.25) is 14.6 Å². The fraction of sp³-hybridized carbons (Fsp3) is 0.364. The van der Waals surface area contributed by atoms with Gasteiger partial charge in [0.25, 0.3) is 0 Å². The number of nitrogens with zero attached hydrogens (tertiary/aromatic N) is 3. The minimum Gasteiger partial charge on any atom is -0.379 e. The van der Waals surface area contributed by atoms with Crippen molar-refractivity contribution in [2.45, 2.75) is 11.8 Å². The Morgan fingerprint density at radius 2 is 1.91 bits per heavy atom. The van der Waals surface area contributed by atoms with Gasteiger partial charge in [0.2, 0.25) is 5.91 Å². The molecule has 0 spiro atoms. The summed E-state index contributed by atoms with van der Waals surface area (Å²) in [4.78, 5) is 21.7. The van der Waals surface area contributed by atoms with Gasteiger partial charge in [0.15, 0.2) is 15.0 Å². The number of thiazole rings is 1. The van der Waals surface area contributed by atoms with Gasteiger partial charge in [0, 0.05) is 31.2 Å². The van der Waals surface area contributed by atoms with Crippen molar-refractivity contribution in [3.05, 3.63) is 53.1 Å². The molecule has 0 saturated carbocycles. The Morgan fingerprint density at radius 3 is 2.62 bits per heavy atom. The van der Waals surface area contributed by atoms with Crippen molar-refractivity contribution in [3.8, 4) is 0 Å². The molecule has 1 amide bonds. The largest absolute Gasteiger partial charge is 0.379 e. The van der Waals surface area contributed by atoms with E-state index in [0.29, 0.717) is 36.5 Å². The number of rotatable bonds is 7. The molecule has 1 aliphatic rings. The molecule has 0 bridgehead atoms. The average Bonchev–Trinajstić information content (AvgIpc) is 3.17. The molecule has 0 unspecified atom stereocenters.